The van der Waals surface area contributed by atoms with Gasteiger partial charge in [-0.3, -0.25) is 0 Å². The van der Waals surface area contributed by atoms with Crippen molar-refractivity contribution in [3.8, 4) is 0 Å². The minimum Gasteiger partial charge on any atom is -0.0628 e. The van der Waals surface area contributed by atoms with Crippen LogP contribution in [0, 0.1) is 5.92 Å². The van der Waals surface area contributed by atoms with Gasteiger partial charge in [0.2, 0.25) is 0 Å². The van der Waals surface area contributed by atoms with Crippen LogP contribution in [0.15, 0.2) is 60.7 Å². The lowest BCUT2D eigenvalue weighted by Gasteiger charge is -2.18. The number of benzene rings is 2. The lowest BCUT2D eigenvalue weighted by molar-refractivity contribution is 0.505. The molecule has 0 spiro atoms. The Hall–Kier alpha value is -1.56. The molecule has 0 saturated heterocycles. The second-order valence-corrected chi connectivity index (χ2v) is 7.82. The van der Waals surface area contributed by atoms with Gasteiger partial charge in [0.05, 0.1) is 0 Å². The number of hydrogen-bond acceptors (Lipinski definition) is 0. The quantitative estimate of drug-likeness (QED) is 0.344. The van der Waals surface area contributed by atoms with E-state index in [0.29, 0.717) is 5.92 Å². The molecule has 0 fully saturated rings. The second kappa shape index (κ2) is 11.9. The van der Waals surface area contributed by atoms with Crippen molar-refractivity contribution in [3.63, 3.8) is 0 Å². The Morgan fingerprint density at radius 1 is 0.520 bits per heavy atom. The van der Waals surface area contributed by atoms with Crippen LogP contribution < -0.4 is 0 Å². The fourth-order valence-corrected chi connectivity index (χ4v) is 3.68. The molecule has 0 aliphatic carbocycles. The Morgan fingerprint density at radius 2 is 0.920 bits per heavy atom. The fraction of sp³-hybridized carbons (Fsp3) is 0.520. The third kappa shape index (κ3) is 7.90. The van der Waals surface area contributed by atoms with Crippen molar-refractivity contribution in [1.82, 2.24) is 0 Å². The monoisotopic (exact) mass is 336 g/mol. The number of hydrogen-bond donors (Lipinski definition) is 0. The molecule has 0 saturated carbocycles. The van der Waals surface area contributed by atoms with Crippen molar-refractivity contribution < 1.29 is 0 Å². The highest BCUT2D eigenvalue weighted by atomic mass is 14.2. The van der Waals surface area contributed by atoms with Crippen molar-refractivity contribution in [2.75, 3.05) is 0 Å². The highest BCUT2D eigenvalue weighted by Crippen LogP contribution is 2.30. The Bertz CT molecular complexity index is 501. The summed E-state index contributed by atoms with van der Waals surface area (Å²) in [6.45, 7) is 4.66. The van der Waals surface area contributed by atoms with Gasteiger partial charge in [-0.1, -0.05) is 126 Å². The molecule has 0 heteroatoms. The predicted octanol–water partition coefficient (Wildman–Crippen LogP) is 7.99. The van der Waals surface area contributed by atoms with Crippen molar-refractivity contribution in [2.45, 2.75) is 77.6 Å². The Morgan fingerprint density at radius 3 is 1.36 bits per heavy atom. The first-order chi connectivity index (χ1) is 12.3. The molecule has 0 aliphatic heterocycles. The van der Waals surface area contributed by atoms with Gasteiger partial charge in [0.15, 0.2) is 0 Å². The van der Waals surface area contributed by atoms with Crippen LogP contribution >= 0.6 is 0 Å². The van der Waals surface area contributed by atoms with Gasteiger partial charge in [0.1, 0.15) is 0 Å². The van der Waals surface area contributed by atoms with Crippen LogP contribution in [0.4, 0.5) is 0 Å². The summed E-state index contributed by atoms with van der Waals surface area (Å²) < 4.78 is 0. The van der Waals surface area contributed by atoms with Crippen LogP contribution in [0.5, 0.6) is 0 Å². The molecule has 0 nitrogen and oxygen atoms in total. The first kappa shape index (κ1) is 19.8. The summed E-state index contributed by atoms with van der Waals surface area (Å²) in [7, 11) is 0. The van der Waals surface area contributed by atoms with Gasteiger partial charge in [0.25, 0.3) is 0 Å². The van der Waals surface area contributed by atoms with Gasteiger partial charge in [0, 0.05) is 5.92 Å². The zero-order valence-corrected chi connectivity index (χ0v) is 16.3. The van der Waals surface area contributed by atoms with Gasteiger partial charge in [-0.2, -0.15) is 0 Å². The molecule has 25 heavy (non-hydrogen) atoms. The van der Waals surface area contributed by atoms with Gasteiger partial charge in [-0.05, 0) is 23.5 Å². The summed E-state index contributed by atoms with van der Waals surface area (Å²) in [6, 6.07) is 22.0. The minimum absolute atomic E-state index is 0.549. The van der Waals surface area contributed by atoms with E-state index in [1.807, 2.05) is 0 Å². The maximum absolute atomic E-state index is 2.33. The molecule has 0 aliphatic rings. The highest BCUT2D eigenvalue weighted by molar-refractivity contribution is 5.32. The van der Waals surface area contributed by atoms with Gasteiger partial charge in [-0.25, -0.2) is 0 Å². The van der Waals surface area contributed by atoms with Crippen LogP contribution in [0.2, 0.25) is 0 Å². The maximum atomic E-state index is 2.33. The largest absolute Gasteiger partial charge is 0.0628 e. The van der Waals surface area contributed by atoms with Crippen molar-refractivity contribution in [3.05, 3.63) is 71.8 Å². The Kier molecular flexibility index (Phi) is 9.41. The molecule has 2 rings (SSSR count). The zero-order chi connectivity index (χ0) is 17.7. The Balaban J connectivity index is 1.71. The predicted molar refractivity (Wildman–Crippen MR) is 111 cm³/mol. The summed E-state index contributed by atoms with van der Waals surface area (Å²) in [5.74, 6) is 1.42. The summed E-state index contributed by atoms with van der Waals surface area (Å²) in [4.78, 5) is 0. The molecule has 136 valence electrons. The fourth-order valence-electron chi connectivity index (χ4n) is 3.68. The van der Waals surface area contributed by atoms with Gasteiger partial charge < -0.3 is 0 Å². The highest BCUT2D eigenvalue weighted by Gasteiger charge is 2.13. The summed E-state index contributed by atoms with van der Waals surface area (Å²) in [6.07, 6.45) is 12.5. The summed E-state index contributed by atoms with van der Waals surface area (Å²) in [5, 5.41) is 0. The zero-order valence-electron chi connectivity index (χ0n) is 16.3. The normalized spacial score (nSPS) is 11.4. The third-order valence-electron chi connectivity index (χ3n) is 5.18. The molecule has 0 bridgehead atoms. The molecular formula is C25H36. The molecule has 0 amide bonds. The van der Waals surface area contributed by atoms with E-state index in [9.17, 15) is 0 Å². The van der Waals surface area contributed by atoms with Crippen LogP contribution in [0.1, 0.15) is 88.7 Å². The smallest absolute Gasteiger partial charge is 0.00893 e. The maximum Gasteiger partial charge on any atom is 0.00893 e. The van der Waals surface area contributed by atoms with Crippen LogP contribution in [0.3, 0.4) is 0 Å². The first-order valence-corrected chi connectivity index (χ1v) is 10.4. The molecule has 0 heterocycles. The summed E-state index contributed by atoms with van der Waals surface area (Å²) >= 11 is 0. The lowest BCUT2D eigenvalue weighted by atomic mass is 9.87. The van der Waals surface area contributed by atoms with E-state index >= 15 is 0 Å². The SMILES string of the molecule is CC(C)CCCCCCCCCC(c1ccccc1)c1ccccc1. The molecule has 0 unspecified atom stereocenters. The van der Waals surface area contributed by atoms with E-state index in [1.54, 1.807) is 0 Å². The standard InChI is InChI=1S/C25H36/c1-22(2)16-10-6-4-3-5-7-15-21-25(23-17-11-8-12-18-23)24-19-13-9-14-20-24/h8-9,11-14,17-20,22,25H,3-7,10,15-16,21H2,1-2H3. The average Bonchev–Trinajstić information content (AvgIpc) is 2.64. The summed E-state index contributed by atoms with van der Waals surface area (Å²) in [5.41, 5.74) is 2.92. The number of unbranched alkanes of at least 4 members (excludes halogenated alkanes) is 6. The van der Waals surface area contributed by atoms with Crippen molar-refractivity contribution >= 4 is 0 Å². The van der Waals surface area contributed by atoms with Crippen molar-refractivity contribution in [2.24, 2.45) is 5.92 Å². The molecule has 0 atom stereocenters. The number of rotatable bonds is 12. The molecule has 0 N–H and O–H groups in total. The first-order valence-electron chi connectivity index (χ1n) is 10.4. The van der Waals surface area contributed by atoms with Gasteiger partial charge in [-0.15, -0.1) is 0 Å². The topological polar surface area (TPSA) is 0 Å². The van der Waals surface area contributed by atoms with Crippen LogP contribution in [-0.4, -0.2) is 0 Å². The molecule has 0 aromatic heterocycles. The van der Waals surface area contributed by atoms with E-state index in [-0.39, 0.29) is 0 Å². The molecule has 2 aromatic rings. The Labute approximate surface area is 155 Å². The van der Waals surface area contributed by atoms with E-state index in [2.05, 4.69) is 74.5 Å². The van der Waals surface area contributed by atoms with Crippen LogP contribution in [-0.2, 0) is 0 Å². The third-order valence-corrected chi connectivity index (χ3v) is 5.18. The van der Waals surface area contributed by atoms with Crippen molar-refractivity contribution in [1.29, 1.82) is 0 Å². The van der Waals surface area contributed by atoms with E-state index in [4.69, 9.17) is 0 Å². The minimum atomic E-state index is 0.549. The average molecular weight is 337 g/mol. The van der Waals surface area contributed by atoms with E-state index in [0.717, 1.165) is 5.92 Å². The van der Waals surface area contributed by atoms with Gasteiger partial charge >= 0.3 is 0 Å². The lowest BCUT2D eigenvalue weighted by Crippen LogP contribution is -2.01. The molecule has 0 radical (unpaired) electrons. The second-order valence-electron chi connectivity index (χ2n) is 7.82. The van der Waals surface area contributed by atoms with E-state index in [1.165, 1.54) is 68.9 Å². The van der Waals surface area contributed by atoms with E-state index < -0.39 is 0 Å². The molecule has 2 aromatic carbocycles. The van der Waals surface area contributed by atoms with Crippen LogP contribution in [0.25, 0.3) is 0 Å². The molecular weight excluding hydrogens is 300 g/mol.